The largest absolute Gasteiger partial charge is 0.496 e. The number of ether oxygens (including phenoxy) is 1. The molecule has 2 rings (SSSR count). The minimum Gasteiger partial charge on any atom is -0.496 e. The first kappa shape index (κ1) is 13.8. The summed E-state index contributed by atoms with van der Waals surface area (Å²) < 4.78 is 32.0. The van der Waals surface area contributed by atoms with Crippen molar-refractivity contribution in [2.24, 2.45) is 0 Å². The molecule has 100 valence electrons. The SMILES string of the molecule is COc1ccc(NCc2cc(F)cc(F)c2)cc1Br. The lowest BCUT2D eigenvalue weighted by molar-refractivity contribution is 0.412. The normalized spacial score (nSPS) is 10.3. The van der Waals surface area contributed by atoms with Crippen LogP contribution in [0.5, 0.6) is 5.75 Å². The first-order valence-corrected chi connectivity index (χ1v) is 6.40. The maximum atomic E-state index is 13.0. The Morgan fingerprint density at radius 1 is 1.11 bits per heavy atom. The van der Waals surface area contributed by atoms with E-state index in [1.807, 2.05) is 12.1 Å². The van der Waals surface area contributed by atoms with Gasteiger partial charge in [-0.05, 0) is 51.8 Å². The molecule has 0 aliphatic rings. The Hall–Kier alpha value is -1.62. The van der Waals surface area contributed by atoms with Crippen molar-refractivity contribution < 1.29 is 13.5 Å². The molecule has 2 nitrogen and oxygen atoms in total. The number of hydrogen-bond donors (Lipinski definition) is 1. The molecule has 2 aromatic rings. The Morgan fingerprint density at radius 3 is 2.37 bits per heavy atom. The summed E-state index contributed by atoms with van der Waals surface area (Å²) in [6.45, 7) is 0.341. The van der Waals surface area contributed by atoms with Crippen LogP contribution in [0.1, 0.15) is 5.56 Å². The maximum absolute atomic E-state index is 13.0. The molecule has 0 saturated heterocycles. The van der Waals surface area contributed by atoms with E-state index in [4.69, 9.17) is 4.74 Å². The van der Waals surface area contributed by atoms with Gasteiger partial charge in [0.15, 0.2) is 0 Å². The lowest BCUT2D eigenvalue weighted by atomic mass is 10.2. The van der Waals surface area contributed by atoms with Crippen molar-refractivity contribution in [1.82, 2.24) is 0 Å². The molecule has 1 N–H and O–H groups in total. The highest BCUT2D eigenvalue weighted by atomic mass is 79.9. The van der Waals surface area contributed by atoms with Gasteiger partial charge in [-0.3, -0.25) is 0 Å². The van der Waals surface area contributed by atoms with Crippen LogP contribution >= 0.6 is 15.9 Å². The quantitative estimate of drug-likeness (QED) is 0.901. The molecule has 0 fully saturated rings. The molecule has 0 amide bonds. The Labute approximate surface area is 118 Å². The van der Waals surface area contributed by atoms with Gasteiger partial charge in [0, 0.05) is 18.3 Å². The summed E-state index contributed by atoms with van der Waals surface area (Å²) in [6, 6.07) is 8.93. The zero-order chi connectivity index (χ0) is 13.8. The molecular weight excluding hydrogens is 316 g/mol. The van der Waals surface area contributed by atoms with E-state index in [-0.39, 0.29) is 0 Å². The highest BCUT2D eigenvalue weighted by molar-refractivity contribution is 9.10. The maximum Gasteiger partial charge on any atom is 0.133 e. The van der Waals surface area contributed by atoms with Crippen LogP contribution in [0.25, 0.3) is 0 Å². The number of halogens is 3. The predicted molar refractivity (Wildman–Crippen MR) is 74.4 cm³/mol. The fourth-order valence-electron chi connectivity index (χ4n) is 1.69. The number of nitrogens with one attached hydrogen (secondary N) is 1. The van der Waals surface area contributed by atoms with Crippen molar-refractivity contribution in [2.45, 2.75) is 6.54 Å². The minimum atomic E-state index is -0.576. The van der Waals surface area contributed by atoms with Gasteiger partial charge >= 0.3 is 0 Å². The van der Waals surface area contributed by atoms with Gasteiger partial charge in [0.1, 0.15) is 17.4 Å². The topological polar surface area (TPSA) is 21.3 Å². The summed E-state index contributed by atoms with van der Waals surface area (Å²) in [4.78, 5) is 0. The van der Waals surface area contributed by atoms with E-state index in [1.165, 1.54) is 12.1 Å². The predicted octanol–water partition coefficient (Wildman–Crippen LogP) is 4.35. The Balaban J connectivity index is 2.08. The summed E-state index contributed by atoms with van der Waals surface area (Å²) in [5.74, 6) is -0.428. The van der Waals surface area contributed by atoms with E-state index >= 15 is 0 Å². The second kappa shape index (κ2) is 6.02. The van der Waals surface area contributed by atoms with Gasteiger partial charge in [-0.1, -0.05) is 0 Å². The van der Waals surface area contributed by atoms with Crippen molar-refractivity contribution in [2.75, 3.05) is 12.4 Å². The standard InChI is InChI=1S/C14H12BrF2NO/c1-19-14-3-2-12(7-13(14)15)18-8-9-4-10(16)6-11(17)5-9/h2-7,18H,8H2,1H3. The van der Waals surface area contributed by atoms with Crippen molar-refractivity contribution in [1.29, 1.82) is 0 Å². The van der Waals surface area contributed by atoms with Crippen molar-refractivity contribution in [3.63, 3.8) is 0 Å². The van der Waals surface area contributed by atoms with E-state index in [1.54, 1.807) is 13.2 Å². The van der Waals surface area contributed by atoms with Crippen molar-refractivity contribution in [3.8, 4) is 5.75 Å². The molecule has 0 heterocycles. The van der Waals surface area contributed by atoms with Crippen molar-refractivity contribution in [3.05, 3.63) is 58.1 Å². The summed E-state index contributed by atoms with van der Waals surface area (Å²) in [7, 11) is 1.59. The lowest BCUT2D eigenvalue weighted by Gasteiger charge is -2.09. The minimum absolute atomic E-state index is 0.341. The number of hydrogen-bond acceptors (Lipinski definition) is 2. The molecule has 0 aliphatic carbocycles. The van der Waals surface area contributed by atoms with Crippen LogP contribution in [0.15, 0.2) is 40.9 Å². The van der Waals surface area contributed by atoms with E-state index < -0.39 is 11.6 Å². The van der Waals surface area contributed by atoms with Gasteiger partial charge in [-0.2, -0.15) is 0 Å². The first-order chi connectivity index (χ1) is 9.08. The van der Waals surface area contributed by atoms with Crippen LogP contribution in [0.3, 0.4) is 0 Å². The Kier molecular flexibility index (Phi) is 4.37. The fourth-order valence-corrected chi connectivity index (χ4v) is 2.23. The van der Waals surface area contributed by atoms with E-state index in [9.17, 15) is 8.78 Å². The number of anilines is 1. The van der Waals surface area contributed by atoms with Gasteiger partial charge < -0.3 is 10.1 Å². The van der Waals surface area contributed by atoms with Crippen LogP contribution in [-0.2, 0) is 6.54 Å². The molecule has 0 unspecified atom stereocenters. The molecule has 0 radical (unpaired) electrons. The molecule has 0 bridgehead atoms. The number of methoxy groups -OCH3 is 1. The average Bonchev–Trinajstić information content (AvgIpc) is 2.35. The fraction of sp³-hybridized carbons (Fsp3) is 0.143. The summed E-state index contributed by atoms with van der Waals surface area (Å²) in [5.41, 5.74) is 1.38. The van der Waals surface area contributed by atoms with Gasteiger partial charge in [-0.15, -0.1) is 0 Å². The lowest BCUT2D eigenvalue weighted by Crippen LogP contribution is -2.00. The second-order valence-corrected chi connectivity index (χ2v) is 4.83. The third-order valence-corrected chi connectivity index (χ3v) is 3.19. The Morgan fingerprint density at radius 2 is 1.79 bits per heavy atom. The molecule has 19 heavy (non-hydrogen) atoms. The second-order valence-electron chi connectivity index (χ2n) is 3.98. The van der Waals surface area contributed by atoms with Crippen LogP contribution in [0.4, 0.5) is 14.5 Å². The smallest absolute Gasteiger partial charge is 0.133 e. The molecule has 0 atom stereocenters. The van der Waals surface area contributed by atoms with Crippen molar-refractivity contribution >= 4 is 21.6 Å². The van der Waals surface area contributed by atoms with Gasteiger partial charge in [0.25, 0.3) is 0 Å². The highest BCUT2D eigenvalue weighted by Gasteiger charge is 2.03. The third kappa shape index (κ3) is 3.67. The van der Waals surface area contributed by atoms with Crippen LogP contribution in [-0.4, -0.2) is 7.11 Å². The first-order valence-electron chi connectivity index (χ1n) is 5.61. The molecule has 2 aromatic carbocycles. The van der Waals surface area contributed by atoms with Gasteiger partial charge in [-0.25, -0.2) is 8.78 Å². The highest BCUT2D eigenvalue weighted by Crippen LogP contribution is 2.27. The van der Waals surface area contributed by atoms with Gasteiger partial charge in [0.2, 0.25) is 0 Å². The van der Waals surface area contributed by atoms with E-state index in [0.717, 1.165) is 22.0 Å². The summed E-state index contributed by atoms with van der Waals surface area (Å²) >= 11 is 3.37. The molecule has 5 heteroatoms. The molecule has 0 aliphatic heterocycles. The molecular formula is C14H12BrF2NO. The van der Waals surface area contributed by atoms with E-state index in [0.29, 0.717) is 12.1 Å². The molecule has 0 aromatic heterocycles. The average molecular weight is 328 g/mol. The summed E-state index contributed by atoms with van der Waals surface area (Å²) in [6.07, 6.45) is 0. The third-order valence-electron chi connectivity index (χ3n) is 2.57. The zero-order valence-corrected chi connectivity index (χ0v) is 11.8. The summed E-state index contributed by atoms with van der Waals surface area (Å²) in [5, 5.41) is 3.09. The van der Waals surface area contributed by atoms with Gasteiger partial charge in [0.05, 0.1) is 11.6 Å². The molecule has 0 saturated carbocycles. The van der Waals surface area contributed by atoms with Crippen LogP contribution < -0.4 is 10.1 Å². The molecule has 0 spiro atoms. The van der Waals surface area contributed by atoms with Crippen LogP contribution in [0, 0.1) is 11.6 Å². The van der Waals surface area contributed by atoms with Crippen LogP contribution in [0.2, 0.25) is 0 Å². The Bertz CT molecular complexity index is 569. The monoisotopic (exact) mass is 327 g/mol. The number of rotatable bonds is 4. The zero-order valence-electron chi connectivity index (χ0n) is 10.2. The number of benzene rings is 2. The van der Waals surface area contributed by atoms with E-state index in [2.05, 4.69) is 21.2 Å².